The lowest BCUT2D eigenvalue weighted by Crippen LogP contribution is -2.44. The molecule has 1 heterocycles. The highest BCUT2D eigenvalue weighted by atomic mass is 19.1. The Bertz CT molecular complexity index is 818. The summed E-state index contributed by atoms with van der Waals surface area (Å²) in [6.45, 7) is 2.27. The van der Waals surface area contributed by atoms with Gasteiger partial charge in [0.25, 0.3) is 0 Å². The third-order valence-electron chi connectivity index (χ3n) is 5.06. The van der Waals surface area contributed by atoms with Crippen LogP contribution in [0.15, 0.2) is 30.3 Å². The first-order valence-electron chi connectivity index (χ1n) is 9.97. The minimum atomic E-state index is -0.279. The molecule has 0 unspecified atom stereocenters. The van der Waals surface area contributed by atoms with E-state index in [-0.39, 0.29) is 17.9 Å². The molecule has 1 aromatic heterocycles. The molecule has 1 fully saturated rings. The van der Waals surface area contributed by atoms with Crippen molar-refractivity contribution in [3.63, 3.8) is 0 Å². The molecule has 0 bridgehead atoms. The van der Waals surface area contributed by atoms with Crippen LogP contribution >= 0.6 is 0 Å². The van der Waals surface area contributed by atoms with Crippen molar-refractivity contribution < 1.29 is 9.18 Å². The van der Waals surface area contributed by atoms with Crippen LogP contribution in [0.2, 0.25) is 0 Å². The van der Waals surface area contributed by atoms with E-state index in [9.17, 15) is 9.18 Å². The summed E-state index contributed by atoms with van der Waals surface area (Å²) in [4.78, 5) is 23.0. The molecule has 2 aromatic rings. The smallest absolute Gasteiger partial charge is 0.315 e. The van der Waals surface area contributed by atoms with E-state index >= 15 is 0 Å². The zero-order chi connectivity index (χ0) is 20.8. The SMILES string of the molecule is Cc1nc(NC2CCC(NC(=O)NCc3ccc(F)cc3)CC2)cc(N(C)C)n1. The van der Waals surface area contributed by atoms with Crippen molar-refractivity contribution in [2.45, 2.75) is 51.2 Å². The van der Waals surface area contributed by atoms with Crippen molar-refractivity contribution in [2.75, 3.05) is 24.3 Å². The van der Waals surface area contributed by atoms with Crippen LogP contribution in [0.1, 0.15) is 37.1 Å². The van der Waals surface area contributed by atoms with E-state index in [0.717, 1.165) is 48.7 Å². The second-order valence-electron chi connectivity index (χ2n) is 7.70. The average molecular weight is 401 g/mol. The van der Waals surface area contributed by atoms with Gasteiger partial charge in [0.2, 0.25) is 0 Å². The maximum atomic E-state index is 12.9. The minimum absolute atomic E-state index is 0.158. The number of anilines is 2. The van der Waals surface area contributed by atoms with E-state index in [1.165, 1.54) is 12.1 Å². The van der Waals surface area contributed by atoms with E-state index < -0.39 is 0 Å². The van der Waals surface area contributed by atoms with Crippen LogP contribution in [-0.4, -0.2) is 42.2 Å². The van der Waals surface area contributed by atoms with Gasteiger partial charge in [-0.05, 0) is 50.3 Å². The number of carbonyl (C=O) groups is 1. The first-order valence-corrected chi connectivity index (χ1v) is 9.97. The zero-order valence-electron chi connectivity index (χ0n) is 17.2. The second kappa shape index (κ2) is 9.54. The number of urea groups is 1. The summed E-state index contributed by atoms with van der Waals surface area (Å²) in [6, 6.07) is 8.39. The van der Waals surface area contributed by atoms with Gasteiger partial charge in [-0.3, -0.25) is 0 Å². The predicted octanol–water partition coefficient (Wildman–Crippen LogP) is 3.21. The normalized spacial score (nSPS) is 18.8. The minimum Gasteiger partial charge on any atom is -0.367 e. The Morgan fingerprint density at radius 3 is 2.41 bits per heavy atom. The third kappa shape index (κ3) is 6.30. The zero-order valence-corrected chi connectivity index (χ0v) is 17.2. The van der Waals surface area contributed by atoms with Crippen molar-refractivity contribution in [2.24, 2.45) is 0 Å². The van der Waals surface area contributed by atoms with Gasteiger partial charge in [-0.2, -0.15) is 0 Å². The Morgan fingerprint density at radius 2 is 1.76 bits per heavy atom. The second-order valence-corrected chi connectivity index (χ2v) is 7.70. The number of aryl methyl sites for hydroxylation is 1. The van der Waals surface area contributed by atoms with E-state index in [4.69, 9.17) is 0 Å². The summed E-state index contributed by atoms with van der Waals surface area (Å²) in [5, 5.41) is 9.37. The summed E-state index contributed by atoms with van der Waals surface area (Å²) >= 11 is 0. The molecule has 0 radical (unpaired) electrons. The molecule has 1 aromatic carbocycles. The number of amides is 2. The van der Waals surface area contributed by atoms with Gasteiger partial charge in [-0.25, -0.2) is 19.2 Å². The molecule has 7 nitrogen and oxygen atoms in total. The number of rotatable bonds is 6. The molecule has 0 saturated heterocycles. The molecule has 29 heavy (non-hydrogen) atoms. The van der Waals surface area contributed by atoms with Gasteiger partial charge >= 0.3 is 6.03 Å². The lowest BCUT2D eigenvalue weighted by atomic mass is 9.91. The largest absolute Gasteiger partial charge is 0.367 e. The maximum absolute atomic E-state index is 12.9. The Labute approximate surface area is 171 Å². The molecular weight excluding hydrogens is 371 g/mol. The number of hydrogen-bond acceptors (Lipinski definition) is 5. The highest BCUT2D eigenvalue weighted by Crippen LogP contribution is 2.23. The molecule has 0 spiro atoms. The number of hydrogen-bond donors (Lipinski definition) is 3. The van der Waals surface area contributed by atoms with Crippen LogP contribution < -0.4 is 20.9 Å². The van der Waals surface area contributed by atoms with Crippen molar-refractivity contribution in [3.05, 3.63) is 47.5 Å². The van der Waals surface area contributed by atoms with Crippen LogP contribution in [-0.2, 0) is 6.54 Å². The highest BCUT2D eigenvalue weighted by Gasteiger charge is 2.23. The maximum Gasteiger partial charge on any atom is 0.315 e. The van der Waals surface area contributed by atoms with Crippen molar-refractivity contribution in [1.29, 1.82) is 0 Å². The number of nitrogens with zero attached hydrogens (tertiary/aromatic N) is 3. The fourth-order valence-electron chi connectivity index (χ4n) is 3.47. The standard InChI is InChI=1S/C21H29FN6O/c1-14-24-19(12-20(25-14)28(2)3)26-17-8-10-18(11-9-17)27-21(29)23-13-15-4-6-16(22)7-5-15/h4-7,12,17-18H,8-11,13H2,1-3H3,(H2,23,27,29)(H,24,25,26). The topological polar surface area (TPSA) is 82.2 Å². The van der Waals surface area contributed by atoms with Crippen LogP contribution in [0.3, 0.4) is 0 Å². The van der Waals surface area contributed by atoms with E-state index in [1.807, 2.05) is 32.0 Å². The van der Waals surface area contributed by atoms with E-state index in [0.29, 0.717) is 12.6 Å². The van der Waals surface area contributed by atoms with Gasteiger partial charge in [-0.1, -0.05) is 12.1 Å². The number of halogens is 1. The summed E-state index contributed by atoms with van der Waals surface area (Å²) < 4.78 is 12.9. The first-order chi connectivity index (χ1) is 13.9. The van der Waals surface area contributed by atoms with Crippen molar-refractivity contribution in [3.8, 4) is 0 Å². The van der Waals surface area contributed by atoms with E-state index in [2.05, 4.69) is 25.9 Å². The molecule has 1 aliphatic rings. The molecule has 156 valence electrons. The molecule has 2 amide bonds. The van der Waals surface area contributed by atoms with Gasteiger partial charge in [0.15, 0.2) is 0 Å². The van der Waals surface area contributed by atoms with E-state index in [1.54, 1.807) is 12.1 Å². The van der Waals surface area contributed by atoms with Crippen LogP contribution in [0, 0.1) is 12.7 Å². The van der Waals surface area contributed by atoms with Gasteiger partial charge in [0.1, 0.15) is 23.3 Å². The van der Waals surface area contributed by atoms with Crippen molar-refractivity contribution >= 4 is 17.7 Å². The Morgan fingerprint density at radius 1 is 1.10 bits per heavy atom. The molecule has 3 N–H and O–H groups in total. The first kappa shape index (κ1) is 20.8. The predicted molar refractivity (Wildman–Crippen MR) is 113 cm³/mol. The fraction of sp³-hybridized carbons (Fsp3) is 0.476. The Hall–Kier alpha value is -2.90. The van der Waals surface area contributed by atoms with Gasteiger partial charge in [-0.15, -0.1) is 0 Å². The molecule has 8 heteroatoms. The third-order valence-corrected chi connectivity index (χ3v) is 5.06. The summed E-state index contributed by atoms with van der Waals surface area (Å²) in [5.41, 5.74) is 0.867. The highest BCUT2D eigenvalue weighted by molar-refractivity contribution is 5.74. The summed E-state index contributed by atoms with van der Waals surface area (Å²) in [7, 11) is 3.92. The Balaban J connectivity index is 1.42. The van der Waals surface area contributed by atoms with Crippen LogP contribution in [0.25, 0.3) is 0 Å². The molecule has 3 rings (SSSR count). The molecule has 1 saturated carbocycles. The molecule has 0 atom stereocenters. The average Bonchev–Trinajstić information content (AvgIpc) is 2.68. The number of benzene rings is 1. The molecular formula is C21H29FN6O. The van der Waals surface area contributed by atoms with Gasteiger partial charge < -0.3 is 20.9 Å². The monoisotopic (exact) mass is 400 g/mol. The Kier molecular flexibility index (Phi) is 6.85. The van der Waals surface area contributed by atoms with Gasteiger partial charge in [0.05, 0.1) is 0 Å². The quantitative estimate of drug-likeness (QED) is 0.694. The van der Waals surface area contributed by atoms with Crippen LogP contribution in [0.5, 0.6) is 0 Å². The summed E-state index contributed by atoms with van der Waals surface area (Å²) in [5.74, 6) is 2.19. The van der Waals surface area contributed by atoms with Gasteiger partial charge in [0, 0.05) is 38.8 Å². The molecule has 1 aliphatic carbocycles. The number of nitrogens with one attached hydrogen (secondary N) is 3. The van der Waals surface area contributed by atoms with Crippen molar-refractivity contribution in [1.82, 2.24) is 20.6 Å². The lowest BCUT2D eigenvalue weighted by molar-refractivity contribution is 0.231. The molecule has 0 aliphatic heterocycles. The number of carbonyl (C=O) groups excluding carboxylic acids is 1. The van der Waals surface area contributed by atoms with Crippen LogP contribution in [0.4, 0.5) is 20.8 Å². The number of aromatic nitrogens is 2. The summed E-state index contributed by atoms with van der Waals surface area (Å²) in [6.07, 6.45) is 3.74. The fourth-order valence-corrected chi connectivity index (χ4v) is 3.47. The lowest BCUT2D eigenvalue weighted by Gasteiger charge is -2.30.